The van der Waals surface area contributed by atoms with Crippen LogP contribution in [-0.4, -0.2) is 11.6 Å². The third-order valence-electron chi connectivity index (χ3n) is 5.63. The number of para-hydroxylation sites is 1. The van der Waals surface area contributed by atoms with Crippen LogP contribution in [-0.2, 0) is 4.79 Å². The molecule has 31 heavy (non-hydrogen) atoms. The maximum atomic E-state index is 12.7. The Bertz CT molecular complexity index is 979. The number of hydrogen-bond acceptors (Lipinski definition) is 3. The molecule has 0 amide bonds. The highest BCUT2D eigenvalue weighted by atomic mass is 16.5. The monoisotopic (exact) mass is 416 g/mol. The fourth-order valence-electron chi connectivity index (χ4n) is 4.03. The van der Waals surface area contributed by atoms with Gasteiger partial charge >= 0.3 is 0 Å². The van der Waals surface area contributed by atoms with Crippen LogP contribution in [0.25, 0.3) is 0 Å². The molecule has 3 heteroatoms. The average Bonchev–Trinajstić information content (AvgIpc) is 2.73. The summed E-state index contributed by atoms with van der Waals surface area (Å²) in [6.07, 6.45) is 4.20. The molecule has 1 aliphatic rings. The van der Waals surface area contributed by atoms with Crippen molar-refractivity contribution in [2.75, 3.05) is 0 Å². The molecule has 0 saturated heterocycles. The number of carbonyl (C=O) groups is 2. The van der Waals surface area contributed by atoms with Crippen LogP contribution in [0.1, 0.15) is 75.4 Å². The zero-order valence-electron chi connectivity index (χ0n) is 19.0. The second-order valence-corrected chi connectivity index (χ2v) is 8.85. The Labute approximate surface area is 185 Å². The molecular weight excluding hydrogens is 384 g/mol. The average molecular weight is 417 g/mol. The van der Waals surface area contributed by atoms with Crippen molar-refractivity contribution in [1.29, 1.82) is 0 Å². The Morgan fingerprint density at radius 3 is 2.29 bits per heavy atom. The molecule has 3 nitrogen and oxygen atoms in total. The predicted octanol–water partition coefficient (Wildman–Crippen LogP) is 7.05. The van der Waals surface area contributed by atoms with E-state index in [9.17, 15) is 9.59 Å². The van der Waals surface area contributed by atoms with Gasteiger partial charge in [-0.05, 0) is 61.4 Å². The van der Waals surface area contributed by atoms with Crippen molar-refractivity contribution >= 4 is 11.6 Å². The number of benzene rings is 2. The first-order valence-corrected chi connectivity index (χ1v) is 11.1. The summed E-state index contributed by atoms with van der Waals surface area (Å²) in [7, 11) is 0. The first-order valence-electron chi connectivity index (χ1n) is 11.1. The number of Topliss-reactive ketones (excluding diaryl/α,β-unsaturated/α-hetero) is 2. The SMILES string of the molecule is CC1=CC(C)=C(CCC(=O)c2ccc(C(CC(C)C)Oc3ccccc3)cc2)C(=O)C1. The molecule has 3 rings (SSSR count). The number of ketones is 2. The second kappa shape index (κ2) is 10.4. The van der Waals surface area contributed by atoms with Crippen molar-refractivity contribution in [2.45, 2.75) is 59.5 Å². The molecule has 0 heterocycles. The second-order valence-electron chi connectivity index (χ2n) is 8.85. The van der Waals surface area contributed by atoms with Gasteiger partial charge in [-0.1, -0.05) is 68.0 Å². The van der Waals surface area contributed by atoms with Gasteiger partial charge in [0.2, 0.25) is 0 Å². The van der Waals surface area contributed by atoms with Crippen LogP contribution in [0.15, 0.2) is 77.4 Å². The van der Waals surface area contributed by atoms with Crippen molar-refractivity contribution in [3.63, 3.8) is 0 Å². The Balaban J connectivity index is 1.68. The third-order valence-corrected chi connectivity index (χ3v) is 5.63. The molecule has 0 bridgehead atoms. The number of carbonyl (C=O) groups excluding carboxylic acids is 2. The lowest BCUT2D eigenvalue weighted by Crippen LogP contribution is -2.12. The normalized spacial score (nSPS) is 15.1. The maximum Gasteiger partial charge on any atom is 0.163 e. The van der Waals surface area contributed by atoms with E-state index in [-0.39, 0.29) is 17.7 Å². The van der Waals surface area contributed by atoms with Crippen molar-refractivity contribution < 1.29 is 14.3 Å². The lowest BCUT2D eigenvalue weighted by Gasteiger charge is -2.21. The van der Waals surface area contributed by atoms with E-state index in [1.807, 2.05) is 68.4 Å². The zero-order chi connectivity index (χ0) is 22.4. The van der Waals surface area contributed by atoms with Crippen LogP contribution in [0, 0.1) is 5.92 Å². The summed E-state index contributed by atoms with van der Waals surface area (Å²) in [6, 6.07) is 17.6. The summed E-state index contributed by atoms with van der Waals surface area (Å²) < 4.78 is 6.24. The molecule has 0 N–H and O–H groups in total. The fraction of sp³-hybridized carbons (Fsp3) is 0.357. The van der Waals surface area contributed by atoms with Crippen molar-refractivity contribution in [1.82, 2.24) is 0 Å². The van der Waals surface area contributed by atoms with Gasteiger partial charge in [0.25, 0.3) is 0 Å². The van der Waals surface area contributed by atoms with E-state index in [1.54, 1.807) is 0 Å². The van der Waals surface area contributed by atoms with E-state index in [0.29, 0.717) is 30.7 Å². The van der Waals surface area contributed by atoms with Crippen LogP contribution in [0.5, 0.6) is 5.75 Å². The Morgan fingerprint density at radius 2 is 1.68 bits per heavy atom. The molecule has 1 aliphatic carbocycles. The topological polar surface area (TPSA) is 43.4 Å². The molecule has 162 valence electrons. The van der Waals surface area contributed by atoms with Gasteiger partial charge in [-0.25, -0.2) is 0 Å². The molecule has 2 aromatic carbocycles. The minimum atomic E-state index is -0.0609. The number of hydrogen-bond donors (Lipinski definition) is 0. The molecular formula is C28H32O3. The van der Waals surface area contributed by atoms with E-state index >= 15 is 0 Å². The Hall–Kier alpha value is -2.94. The van der Waals surface area contributed by atoms with Crippen molar-refractivity contribution in [3.05, 3.63) is 88.5 Å². The highest BCUT2D eigenvalue weighted by molar-refractivity contribution is 6.01. The van der Waals surface area contributed by atoms with E-state index in [1.165, 1.54) is 0 Å². The smallest absolute Gasteiger partial charge is 0.163 e. The standard InChI is InChI=1S/C28H32O3/c1-19(2)16-28(31-24-8-6-5-7-9-24)23-12-10-22(11-13-23)26(29)15-14-25-21(4)17-20(3)18-27(25)30/h5-13,17,19,28H,14-16,18H2,1-4H3. The fourth-order valence-corrected chi connectivity index (χ4v) is 4.03. The Morgan fingerprint density at radius 1 is 1.00 bits per heavy atom. The zero-order valence-corrected chi connectivity index (χ0v) is 19.0. The lowest BCUT2D eigenvalue weighted by atomic mass is 9.88. The van der Waals surface area contributed by atoms with Gasteiger partial charge < -0.3 is 4.74 Å². The van der Waals surface area contributed by atoms with E-state index in [2.05, 4.69) is 19.9 Å². The van der Waals surface area contributed by atoms with E-state index in [0.717, 1.165) is 34.5 Å². The van der Waals surface area contributed by atoms with Gasteiger partial charge in [0.05, 0.1) is 0 Å². The summed E-state index contributed by atoms with van der Waals surface area (Å²) in [4.78, 5) is 25.0. The summed E-state index contributed by atoms with van der Waals surface area (Å²) in [6.45, 7) is 8.29. The van der Waals surface area contributed by atoms with Crippen LogP contribution in [0.2, 0.25) is 0 Å². The molecule has 0 aliphatic heterocycles. The van der Waals surface area contributed by atoms with E-state index in [4.69, 9.17) is 4.74 Å². The lowest BCUT2D eigenvalue weighted by molar-refractivity contribution is -0.115. The first-order chi connectivity index (χ1) is 14.8. The predicted molar refractivity (Wildman–Crippen MR) is 125 cm³/mol. The number of allylic oxidation sites excluding steroid dienone is 4. The van der Waals surface area contributed by atoms with Crippen LogP contribution < -0.4 is 4.74 Å². The number of ether oxygens (including phenoxy) is 1. The molecule has 0 saturated carbocycles. The van der Waals surface area contributed by atoms with Gasteiger partial charge in [-0.2, -0.15) is 0 Å². The molecule has 0 aromatic heterocycles. The largest absolute Gasteiger partial charge is 0.486 e. The van der Waals surface area contributed by atoms with Crippen molar-refractivity contribution in [2.24, 2.45) is 5.92 Å². The van der Waals surface area contributed by atoms with Gasteiger partial charge in [0.15, 0.2) is 11.6 Å². The molecule has 2 aromatic rings. The quantitative estimate of drug-likeness (QED) is 0.411. The maximum absolute atomic E-state index is 12.7. The molecule has 0 spiro atoms. The minimum absolute atomic E-state index is 0.0609. The molecule has 0 radical (unpaired) electrons. The summed E-state index contributed by atoms with van der Waals surface area (Å²) in [5.41, 5.74) is 4.62. The van der Waals surface area contributed by atoms with Crippen LogP contribution >= 0.6 is 0 Å². The number of rotatable bonds is 9. The van der Waals surface area contributed by atoms with Gasteiger partial charge in [-0.15, -0.1) is 0 Å². The molecule has 1 atom stereocenters. The van der Waals surface area contributed by atoms with Crippen molar-refractivity contribution in [3.8, 4) is 5.75 Å². The summed E-state index contributed by atoms with van der Waals surface area (Å²) in [5, 5.41) is 0. The van der Waals surface area contributed by atoms with E-state index < -0.39 is 0 Å². The van der Waals surface area contributed by atoms with Gasteiger partial charge in [0, 0.05) is 18.4 Å². The molecule has 0 fully saturated rings. The van der Waals surface area contributed by atoms with Gasteiger partial charge in [-0.3, -0.25) is 9.59 Å². The van der Waals surface area contributed by atoms with Gasteiger partial charge in [0.1, 0.15) is 11.9 Å². The Kier molecular flexibility index (Phi) is 7.62. The highest BCUT2D eigenvalue weighted by Gasteiger charge is 2.20. The summed E-state index contributed by atoms with van der Waals surface area (Å²) >= 11 is 0. The highest BCUT2D eigenvalue weighted by Crippen LogP contribution is 2.29. The third kappa shape index (κ3) is 6.27. The summed E-state index contributed by atoms with van der Waals surface area (Å²) in [5.74, 6) is 1.54. The molecule has 1 unspecified atom stereocenters. The first kappa shape index (κ1) is 22.7. The van der Waals surface area contributed by atoms with Crippen LogP contribution in [0.3, 0.4) is 0 Å². The van der Waals surface area contributed by atoms with Crippen LogP contribution in [0.4, 0.5) is 0 Å². The minimum Gasteiger partial charge on any atom is -0.486 e.